The van der Waals surface area contributed by atoms with Crippen molar-refractivity contribution in [2.75, 3.05) is 26.4 Å². The van der Waals surface area contributed by atoms with E-state index in [2.05, 4.69) is 19.1 Å². The third-order valence-corrected chi connectivity index (χ3v) is 8.39. The lowest BCUT2D eigenvalue weighted by atomic mass is 10.1. The van der Waals surface area contributed by atoms with E-state index >= 15 is 0 Å². The largest absolute Gasteiger partial charge is 0.472 e. The average Bonchev–Trinajstić information content (AvgIpc) is 3.01. The Morgan fingerprint density at radius 1 is 0.659 bits per heavy atom. The summed E-state index contributed by atoms with van der Waals surface area (Å²) in [4.78, 5) is 33.9. The molecule has 2 atom stereocenters. The number of nitrogens with two attached hydrogens (primary N) is 1. The van der Waals surface area contributed by atoms with Crippen molar-refractivity contribution in [2.45, 2.75) is 168 Å². The number of hydrogen-bond acceptors (Lipinski definition) is 8. The number of carbonyl (C=O) groups is 2. The zero-order valence-corrected chi connectivity index (χ0v) is 29.0. The van der Waals surface area contributed by atoms with Crippen molar-refractivity contribution >= 4 is 19.8 Å². The summed E-state index contributed by atoms with van der Waals surface area (Å²) >= 11 is 0. The molecule has 260 valence electrons. The topological polar surface area (TPSA) is 134 Å². The van der Waals surface area contributed by atoms with E-state index in [9.17, 15) is 19.0 Å². The van der Waals surface area contributed by atoms with Crippen LogP contribution in [0.1, 0.15) is 162 Å². The van der Waals surface area contributed by atoms with Crippen LogP contribution in [0.2, 0.25) is 0 Å². The Hall–Kier alpha value is -1.25. The van der Waals surface area contributed by atoms with Gasteiger partial charge in [0.25, 0.3) is 0 Å². The number of hydrogen-bond donors (Lipinski definition) is 2. The maximum absolute atomic E-state index is 12.4. The second-order valence-corrected chi connectivity index (χ2v) is 13.2. The minimum absolute atomic E-state index is 0.0543. The number of phosphoric acid groups is 1. The maximum Gasteiger partial charge on any atom is 0.472 e. The summed E-state index contributed by atoms with van der Waals surface area (Å²) in [5.74, 6) is -0.869. The minimum atomic E-state index is -4.35. The number of allylic oxidation sites excluding steroid dienone is 2. The molecule has 0 saturated carbocycles. The SMILES string of the molecule is CCCCCCCCCC/C=C\CCCCCCCCCCCC(=O)OC(COC(=O)CCCC)COP(=O)(O)OCCN. The van der Waals surface area contributed by atoms with Gasteiger partial charge in [0.15, 0.2) is 6.10 Å². The normalized spacial score (nSPS) is 13.6. The average molecular weight is 648 g/mol. The molecule has 0 aromatic carbocycles. The molecule has 0 aliphatic rings. The molecule has 10 heteroatoms. The lowest BCUT2D eigenvalue weighted by molar-refractivity contribution is -0.161. The number of ether oxygens (including phenoxy) is 2. The fourth-order valence-corrected chi connectivity index (χ4v) is 5.49. The van der Waals surface area contributed by atoms with Crippen LogP contribution in [0.5, 0.6) is 0 Å². The van der Waals surface area contributed by atoms with Gasteiger partial charge in [0.2, 0.25) is 0 Å². The Kier molecular flexibility index (Phi) is 30.8. The van der Waals surface area contributed by atoms with Crippen LogP contribution in [-0.4, -0.2) is 49.3 Å². The number of esters is 2. The molecule has 0 aromatic rings. The van der Waals surface area contributed by atoms with Crippen molar-refractivity contribution in [1.29, 1.82) is 0 Å². The predicted octanol–water partition coefficient (Wildman–Crippen LogP) is 9.10. The summed E-state index contributed by atoms with van der Waals surface area (Å²) in [6.45, 7) is 3.46. The van der Waals surface area contributed by atoms with Crippen LogP contribution in [0.3, 0.4) is 0 Å². The van der Waals surface area contributed by atoms with Gasteiger partial charge in [-0.25, -0.2) is 4.57 Å². The Balaban J connectivity index is 3.88. The van der Waals surface area contributed by atoms with Crippen LogP contribution in [0, 0.1) is 0 Å². The first kappa shape index (κ1) is 42.8. The standard InChI is InChI=1S/C34H66NO8P/c1-3-5-7-8-9-10-11-12-13-14-15-16-17-18-19-20-21-22-23-24-25-27-34(37)43-32(30-40-33(36)26-6-4-2)31-42-44(38,39)41-29-28-35/h14-15,32H,3-13,16-31,35H2,1-2H3,(H,38,39)/b15-14-. The minimum Gasteiger partial charge on any atom is -0.462 e. The van der Waals surface area contributed by atoms with Crippen LogP contribution in [0.4, 0.5) is 0 Å². The first-order valence-electron chi connectivity index (χ1n) is 17.7. The molecule has 0 radical (unpaired) electrons. The highest BCUT2D eigenvalue weighted by atomic mass is 31.2. The zero-order chi connectivity index (χ0) is 32.6. The van der Waals surface area contributed by atoms with E-state index in [4.69, 9.17) is 24.3 Å². The van der Waals surface area contributed by atoms with Gasteiger partial charge in [-0.05, 0) is 38.5 Å². The molecule has 2 unspecified atom stereocenters. The summed E-state index contributed by atoms with van der Waals surface area (Å²) in [5.41, 5.74) is 5.28. The van der Waals surface area contributed by atoms with Crippen LogP contribution in [0.15, 0.2) is 12.2 Å². The van der Waals surface area contributed by atoms with Crippen molar-refractivity contribution in [3.63, 3.8) is 0 Å². The van der Waals surface area contributed by atoms with Gasteiger partial charge in [-0.1, -0.05) is 122 Å². The van der Waals surface area contributed by atoms with Gasteiger partial charge in [0, 0.05) is 19.4 Å². The summed E-state index contributed by atoms with van der Waals surface area (Å²) in [6, 6.07) is 0. The number of unbranched alkanes of at least 4 members (excludes halogenated alkanes) is 18. The molecule has 0 aliphatic carbocycles. The number of carbonyl (C=O) groups excluding carboxylic acids is 2. The Labute approximate surface area is 269 Å². The van der Waals surface area contributed by atoms with Gasteiger partial charge in [-0.2, -0.15) is 0 Å². The highest BCUT2D eigenvalue weighted by Gasteiger charge is 2.25. The van der Waals surface area contributed by atoms with Crippen LogP contribution in [0.25, 0.3) is 0 Å². The molecule has 9 nitrogen and oxygen atoms in total. The lowest BCUT2D eigenvalue weighted by Gasteiger charge is -2.19. The van der Waals surface area contributed by atoms with Gasteiger partial charge in [0.1, 0.15) is 6.61 Å². The molecule has 0 fully saturated rings. The molecule has 44 heavy (non-hydrogen) atoms. The van der Waals surface area contributed by atoms with Crippen molar-refractivity contribution < 1.29 is 37.6 Å². The molecule has 0 amide bonds. The molecule has 0 bridgehead atoms. The molecule has 0 aromatic heterocycles. The van der Waals surface area contributed by atoms with Crippen LogP contribution in [-0.2, 0) is 32.7 Å². The predicted molar refractivity (Wildman–Crippen MR) is 178 cm³/mol. The summed E-state index contributed by atoms with van der Waals surface area (Å²) < 4.78 is 32.1. The fourth-order valence-electron chi connectivity index (χ4n) is 4.72. The molecule has 0 rings (SSSR count). The van der Waals surface area contributed by atoms with Gasteiger partial charge in [0.05, 0.1) is 13.2 Å². The summed E-state index contributed by atoms with van der Waals surface area (Å²) in [6.07, 6.45) is 29.4. The van der Waals surface area contributed by atoms with Crippen molar-refractivity contribution in [2.24, 2.45) is 5.73 Å². The summed E-state index contributed by atoms with van der Waals surface area (Å²) in [5, 5.41) is 0. The molecular weight excluding hydrogens is 581 g/mol. The number of phosphoric ester groups is 1. The molecule has 0 aliphatic heterocycles. The van der Waals surface area contributed by atoms with Crippen LogP contribution >= 0.6 is 7.82 Å². The molecule has 0 saturated heterocycles. The van der Waals surface area contributed by atoms with E-state index in [1.807, 2.05) is 6.92 Å². The van der Waals surface area contributed by atoms with Crippen LogP contribution < -0.4 is 5.73 Å². The van der Waals surface area contributed by atoms with Gasteiger partial charge < -0.3 is 20.1 Å². The third kappa shape index (κ3) is 30.8. The number of rotatable bonds is 33. The fraction of sp³-hybridized carbons (Fsp3) is 0.882. The first-order chi connectivity index (χ1) is 21.3. The smallest absolute Gasteiger partial charge is 0.462 e. The lowest BCUT2D eigenvalue weighted by Crippen LogP contribution is -2.29. The second kappa shape index (κ2) is 31.7. The summed E-state index contributed by atoms with van der Waals surface area (Å²) in [7, 11) is -4.35. The molecular formula is C34H66NO8P. The quantitative estimate of drug-likeness (QED) is 0.0309. The maximum atomic E-state index is 12.4. The van der Waals surface area contributed by atoms with Crippen molar-refractivity contribution in [1.82, 2.24) is 0 Å². The monoisotopic (exact) mass is 647 g/mol. The van der Waals surface area contributed by atoms with Crippen molar-refractivity contribution in [3.8, 4) is 0 Å². The van der Waals surface area contributed by atoms with E-state index in [1.165, 1.54) is 96.3 Å². The van der Waals surface area contributed by atoms with Gasteiger partial charge >= 0.3 is 19.8 Å². The molecule has 0 heterocycles. The van der Waals surface area contributed by atoms with Gasteiger partial charge in [-0.15, -0.1) is 0 Å². The van der Waals surface area contributed by atoms with E-state index in [-0.39, 0.29) is 32.6 Å². The van der Waals surface area contributed by atoms with E-state index in [0.29, 0.717) is 12.8 Å². The zero-order valence-electron chi connectivity index (χ0n) is 28.2. The third-order valence-electron chi connectivity index (χ3n) is 7.40. The Morgan fingerprint density at radius 3 is 1.66 bits per heavy atom. The van der Waals surface area contributed by atoms with E-state index in [1.54, 1.807) is 0 Å². The van der Waals surface area contributed by atoms with Gasteiger partial charge in [-0.3, -0.25) is 18.6 Å². The van der Waals surface area contributed by atoms with E-state index in [0.717, 1.165) is 25.7 Å². The molecule has 0 spiro atoms. The Bertz CT molecular complexity index is 749. The van der Waals surface area contributed by atoms with E-state index < -0.39 is 32.5 Å². The second-order valence-electron chi connectivity index (χ2n) is 11.7. The highest BCUT2D eigenvalue weighted by molar-refractivity contribution is 7.47. The Morgan fingerprint density at radius 2 is 1.14 bits per heavy atom. The highest BCUT2D eigenvalue weighted by Crippen LogP contribution is 2.43. The molecule has 3 N–H and O–H groups in total. The first-order valence-corrected chi connectivity index (χ1v) is 19.2. The van der Waals surface area contributed by atoms with Crippen molar-refractivity contribution in [3.05, 3.63) is 12.2 Å².